The SMILES string of the molecule is [B]C([B])(OC(=O)c1ccc(C)cc1C)c1ccc([C@H](C(=O)Nc2ccc3cnccc3c2)C([B])([B])N)cc1. The molecular weight excluding hydrogens is 470 g/mol. The van der Waals surface area contributed by atoms with E-state index in [4.69, 9.17) is 41.9 Å². The van der Waals surface area contributed by atoms with Gasteiger partial charge >= 0.3 is 5.97 Å². The predicted molar refractivity (Wildman–Crippen MR) is 152 cm³/mol. The van der Waals surface area contributed by atoms with Crippen molar-refractivity contribution in [3.63, 3.8) is 0 Å². The molecule has 0 spiro atoms. The van der Waals surface area contributed by atoms with Crippen LogP contribution in [0.15, 0.2) is 79.1 Å². The zero-order valence-electron chi connectivity index (χ0n) is 21.1. The number of pyridine rings is 1. The quantitative estimate of drug-likeness (QED) is 0.306. The summed E-state index contributed by atoms with van der Waals surface area (Å²) in [5, 5.41) is 0.824. The Kier molecular flexibility index (Phi) is 7.56. The van der Waals surface area contributed by atoms with Crippen molar-refractivity contribution in [3.8, 4) is 0 Å². The Labute approximate surface area is 227 Å². The van der Waals surface area contributed by atoms with Crippen LogP contribution in [0.1, 0.15) is 38.5 Å². The van der Waals surface area contributed by atoms with E-state index in [1.807, 2.05) is 31.2 Å². The van der Waals surface area contributed by atoms with Gasteiger partial charge in [-0.3, -0.25) is 9.78 Å². The Morgan fingerprint density at radius 2 is 1.63 bits per heavy atom. The molecule has 0 fully saturated rings. The third-order valence-electron chi connectivity index (χ3n) is 6.23. The maximum absolute atomic E-state index is 13.3. The first kappa shape index (κ1) is 27.3. The molecule has 3 N–H and O–H groups in total. The molecule has 1 aromatic heterocycles. The second-order valence-electron chi connectivity index (χ2n) is 9.48. The molecule has 8 radical (unpaired) electrons. The van der Waals surface area contributed by atoms with E-state index in [0.717, 1.165) is 21.9 Å². The number of rotatable bonds is 7. The highest BCUT2D eigenvalue weighted by Gasteiger charge is 2.33. The smallest absolute Gasteiger partial charge is 0.337 e. The molecule has 1 heterocycles. The number of nitrogens with one attached hydrogen (secondary N) is 1. The van der Waals surface area contributed by atoms with Crippen LogP contribution in [0, 0.1) is 13.8 Å². The topological polar surface area (TPSA) is 94.3 Å². The third-order valence-corrected chi connectivity index (χ3v) is 6.23. The highest BCUT2D eigenvalue weighted by atomic mass is 16.5. The Balaban J connectivity index is 1.54. The summed E-state index contributed by atoms with van der Waals surface area (Å²) in [6.45, 7) is 3.72. The summed E-state index contributed by atoms with van der Waals surface area (Å²) >= 11 is 0. The molecule has 10 heteroatoms. The lowest BCUT2D eigenvalue weighted by molar-refractivity contribution is -0.117. The van der Waals surface area contributed by atoms with Crippen LogP contribution in [0.5, 0.6) is 0 Å². The lowest BCUT2D eigenvalue weighted by Gasteiger charge is -2.32. The summed E-state index contributed by atoms with van der Waals surface area (Å²) < 4.78 is 5.42. The number of carbonyl (C=O) groups is 2. The van der Waals surface area contributed by atoms with E-state index in [1.165, 1.54) is 12.1 Å². The number of anilines is 1. The lowest BCUT2D eigenvalue weighted by atomic mass is 9.54. The first-order valence-electron chi connectivity index (χ1n) is 11.9. The minimum absolute atomic E-state index is 0.290. The van der Waals surface area contributed by atoms with Crippen LogP contribution < -0.4 is 11.1 Å². The largest absolute Gasteiger partial charge is 0.471 e. The van der Waals surface area contributed by atoms with Crippen molar-refractivity contribution in [2.24, 2.45) is 5.73 Å². The number of aromatic nitrogens is 1. The van der Waals surface area contributed by atoms with E-state index in [1.54, 1.807) is 49.6 Å². The zero-order valence-corrected chi connectivity index (χ0v) is 21.1. The van der Waals surface area contributed by atoms with Gasteiger partial charge in [0.15, 0.2) is 0 Å². The average molecular weight is 493 g/mol. The number of amides is 1. The van der Waals surface area contributed by atoms with Crippen LogP contribution in [-0.2, 0) is 14.9 Å². The van der Waals surface area contributed by atoms with E-state index in [0.29, 0.717) is 22.4 Å². The second kappa shape index (κ2) is 10.5. The van der Waals surface area contributed by atoms with Crippen molar-refractivity contribution in [2.45, 2.75) is 30.5 Å². The van der Waals surface area contributed by atoms with Crippen molar-refractivity contribution in [3.05, 3.63) is 107 Å². The van der Waals surface area contributed by atoms with Crippen LogP contribution in [0.2, 0.25) is 0 Å². The average Bonchev–Trinajstić information content (AvgIpc) is 2.83. The summed E-state index contributed by atoms with van der Waals surface area (Å²) in [6.07, 6.45) is 3.39. The standard InChI is InChI=1S/C28H23B4N3O3/c1-16-3-10-23(17(2)13-16)26(37)38-28(31,32)21-7-4-18(5-8-21)24(27(29,30)33)25(36)35-22-9-6-20-15-34-12-11-19(20)14-22/h3-15,24H,33H2,1-2H3,(H,35,36)/t24-/m1/s1. The van der Waals surface area contributed by atoms with Crippen molar-refractivity contribution in [1.82, 2.24) is 4.98 Å². The zero-order chi connectivity index (χ0) is 27.7. The number of nitrogens with zero attached hydrogens (tertiary/aromatic N) is 1. The number of ether oxygens (including phenoxy) is 1. The van der Waals surface area contributed by atoms with Crippen LogP contribution in [0.4, 0.5) is 5.69 Å². The van der Waals surface area contributed by atoms with Gasteiger partial charge < -0.3 is 15.8 Å². The van der Waals surface area contributed by atoms with Gasteiger partial charge in [-0.15, -0.1) is 0 Å². The highest BCUT2D eigenvalue weighted by Crippen LogP contribution is 2.29. The molecule has 0 saturated heterocycles. The number of hydrogen-bond acceptors (Lipinski definition) is 5. The fourth-order valence-electron chi connectivity index (χ4n) is 4.29. The molecule has 1 atom stereocenters. The summed E-state index contributed by atoms with van der Waals surface area (Å²) in [7, 11) is 24.3. The first-order valence-corrected chi connectivity index (χ1v) is 11.9. The third kappa shape index (κ3) is 6.03. The summed E-state index contributed by atoms with van der Waals surface area (Å²) in [6, 6.07) is 18.7. The normalized spacial score (nSPS) is 12.6. The van der Waals surface area contributed by atoms with Crippen LogP contribution in [0.3, 0.4) is 0 Å². The van der Waals surface area contributed by atoms with Crippen molar-refractivity contribution < 1.29 is 14.3 Å². The Hall–Kier alpha value is -3.77. The maximum Gasteiger partial charge on any atom is 0.337 e. The van der Waals surface area contributed by atoms with E-state index in [9.17, 15) is 9.59 Å². The lowest BCUT2D eigenvalue weighted by Crippen LogP contribution is -2.51. The van der Waals surface area contributed by atoms with Crippen LogP contribution in [-0.4, -0.2) is 53.6 Å². The van der Waals surface area contributed by atoms with Gasteiger partial charge in [0.25, 0.3) is 0 Å². The van der Waals surface area contributed by atoms with Gasteiger partial charge in [-0.05, 0) is 65.5 Å². The molecular formula is C28H23B4N3O3. The minimum atomic E-state index is -1.93. The number of fused-ring (bicyclic) bond motifs is 1. The molecule has 0 aliphatic carbocycles. The Morgan fingerprint density at radius 3 is 2.29 bits per heavy atom. The molecule has 38 heavy (non-hydrogen) atoms. The molecule has 4 rings (SSSR count). The summed E-state index contributed by atoms with van der Waals surface area (Å²) in [4.78, 5) is 30.1. The fourth-order valence-corrected chi connectivity index (χ4v) is 4.29. The van der Waals surface area contributed by atoms with E-state index < -0.39 is 28.5 Å². The van der Waals surface area contributed by atoms with Gasteiger partial charge in [-0.25, -0.2) is 4.79 Å². The molecule has 0 aliphatic heterocycles. The van der Waals surface area contributed by atoms with Crippen molar-refractivity contribution in [2.75, 3.05) is 5.32 Å². The number of carbonyl (C=O) groups excluding carboxylic acids is 2. The fraction of sp³-hybridized carbons (Fsp3) is 0.179. The van der Waals surface area contributed by atoms with Crippen LogP contribution in [0.25, 0.3) is 10.8 Å². The predicted octanol–water partition coefficient (Wildman–Crippen LogP) is 2.83. The van der Waals surface area contributed by atoms with E-state index in [-0.39, 0.29) is 0 Å². The van der Waals surface area contributed by atoms with Gasteiger partial charge in [0.05, 0.1) is 32.6 Å². The Bertz CT molecular complexity index is 1500. The van der Waals surface area contributed by atoms with E-state index in [2.05, 4.69) is 10.3 Å². The highest BCUT2D eigenvalue weighted by molar-refractivity contribution is 6.42. The van der Waals surface area contributed by atoms with E-state index >= 15 is 0 Å². The molecule has 0 aliphatic rings. The number of hydrogen-bond donors (Lipinski definition) is 2. The first-order chi connectivity index (χ1) is 17.8. The van der Waals surface area contributed by atoms with Gasteiger partial charge in [0, 0.05) is 23.5 Å². The molecule has 180 valence electrons. The molecule has 1 amide bonds. The van der Waals surface area contributed by atoms with Crippen molar-refractivity contribution in [1.29, 1.82) is 0 Å². The molecule has 0 unspecified atom stereocenters. The molecule has 3 aromatic carbocycles. The minimum Gasteiger partial charge on any atom is -0.471 e. The van der Waals surface area contributed by atoms with Gasteiger partial charge in [0.1, 0.15) is 15.7 Å². The molecule has 6 nitrogen and oxygen atoms in total. The molecule has 0 bridgehead atoms. The monoisotopic (exact) mass is 493 g/mol. The van der Waals surface area contributed by atoms with Crippen LogP contribution >= 0.6 is 0 Å². The number of esters is 1. The Morgan fingerprint density at radius 1 is 0.921 bits per heavy atom. The maximum atomic E-state index is 13.3. The number of aryl methyl sites for hydroxylation is 2. The number of benzene rings is 3. The number of nitrogens with two attached hydrogens (primary N) is 1. The molecule has 0 saturated carbocycles. The van der Waals surface area contributed by atoms with Gasteiger partial charge in [0.2, 0.25) is 5.91 Å². The van der Waals surface area contributed by atoms with Gasteiger partial charge in [-0.2, -0.15) is 0 Å². The summed E-state index contributed by atoms with van der Waals surface area (Å²) in [5.41, 5.74) is 9.36. The van der Waals surface area contributed by atoms with Gasteiger partial charge in [-0.1, -0.05) is 48.0 Å². The van der Waals surface area contributed by atoms with Crippen molar-refractivity contribution >= 4 is 59.7 Å². The molecule has 4 aromatic rings. The second-order valence-corrected chi connectivity index (χ2v) is 9.48. The summed E-state index contributed by atoms with van der Waals surface area (Å²) in [5.74, 6) is -2.30.